The number of piperidine rings is 1. The largest absolute Gasteiger partial charge is 0.345 e. The van der Waals surface area contributed by atoms with Crippen LogP contribution < -0.4 is 11.0 Å². The molecular formula is C15H26N4O. The number of aryl methyl sites for hydroxylation is 1. The summed E-state index contributed by atoms with van der Waals surface area (Å²) in [5.74, 6) is 1.34. The number of rotatable bonds is 5. The number of hydrogen-bond acceptors (Lipinski definition) is 3. The molecular weight excluding hydrogens is 252 g/mol. The van der Waals surface area contributed by atoms with E-state index in [1.807, 2.05) is 11.5 Å². The SMILES string of the molecule is CCn1c([C@H]2CCCNC2)nn(CCC=C(C)C)c1=O. The molecule has 1 aliphatic rings. The fourth-order valence-electron chi connectivity index (χ4n) is 2.75. The number of nitrogens with zero attached hydrogens (tertiary/aromatic N) is 3. The van der Waals surface area contributed by atoms with Gasteiger partial charge in [0.15, 0.2) is 0 Å². The van der Waals surface area contributed by atoms with Gasteiger partial charge < -0.3 is 5.32 Å². The van der Waals surface area contributed by atoms with Crippen molar-refractivity contribution in [3.8, 4) is 0 Å². The van der Waals surface area contributed by atoms with Crippen molar-refractivity contribution in [3.05, 3.63) is 28.0 Å². The van der Waals surface area contributed by atoms with Gasteiger partial charge in [0.25, 0.3) is 0 Å². The molecule has 20 heavy (non-hydrogen) atoms. The van der Waals surface area contributed by atoms with Crippen LogP contribution in [0.3, 0.4) is 0 Å². The first-order valence-corrected chi connectivity index (χ1v) is 7.65. The second-order valence-electron chi connectivity index (χ2n) is 5.72. The molecule has 0 aromatic carbocycles. The van der Waals surface area contributed by atoms with E-state index in [1.54, 1.807) is 4.68 Å². The van der Waals surface area contributed by atoms with Crippen molar-refractivity contribution in [3.63, 3.8) is 0 Å². The Labute approximate surface area is 120 Å². The lowest BCUT2D eigenvalue weighted by atomic mass is 9.99. The molecule has 1 aromatic heterocycles. The van der Waals surface area contributed by atoms with Crippen molar-refractivity contribution in [2.24, 2.45) is 0 Å². The number of nitrogens with one attached hydrogen (secondary N) is 1. The molecule has 0 aliphatic carbocycles. The Balaban J connectivity index is 2.19. The van der Waals surface area contributed by atoms with Crippen molar-refractivity contribution < 1.29 is 0 Å². The Bertz CT molecular complexity index is 516. The van der Waals surface area contributed by atoms with Crippen LogP contribution in [0.5, 0.6) is 0 Å². The summed E-state index contributed by atoms with van der Waals surface area (Å²) in [6.45, 7) is 9.55. The van der Waals surface area contributed by atoms with Crippen molar-refractivity contribution in [2.45, 2.75) is 59.0 Å². The summed E-state index contributed by atoms with van der Waals surface area (Å²) >= 11 is 0. The molecule has 2 rings (SSSR count). The predicted octanol–water partition coefficient (Wildman–Crippen LogP) is 1.89. The van der Waals surface area contributed by atoms with Gasteiger partial charge in [-0.3, -0.25) is 4.57 Å². The van der Waals surface area contributed by atoms with Crippen LogP contribution in [0.4, 0.5) is 0 Å². The average Bonchev–Trinajstić information content (AvgIpc) is 2.76. The van der Waals surface area contributed by atoms with Crippen molar-refractivity contribution in [1.29, 1.82) is 0 Å². The van der Waals surface area contributed by atoms with Crippen molar-refractivity contribution in [1.82, 2.24) is 19.7 Å². The smallest absolute Gasteiger partial charge is 0.316 e. The molecule has 1 N–H and O–H groups in total. The zero-order valence-electron chi connectivity index (χ0n) is 12.9. The summed E-state index contributed by atoms with van der Waals surface area (Å²) in [6, 6.07) is 0. The van der Waals surface area contributed by atoms with E-state index in [4.69, 9.17) is 0 Å². The Hall–Kier alpha value is -1.36. The van der Waals surface area contributed by atoms with Gasteiger partial charge in [0, 0.05) is 25.6 Å². The second kappa shape index (κ2) is 6.88. The maximum atomic E-state index is 12.4. The van der Waals surface area contributed by atoms with Crippen LogP contribution in [-0.4, -0.2) is 27.4 Å². The molecule has 1 fully saturated rings. The molecule has 1 aromatic rings. The lowest BCUT2D eigenvalue weighted by molar-refractivity contribution is 0.430. The molecule has 0 amide bonds. The van der Waals surface area contributed by atoms with Gasteiger partial charge in [-0.05, 0) is 46.6 Å². The molecule has 5 heteroatoms. The molecule has 0 saturated carbocycles. The van der Waals surface area contributed by atoms with Gasteiger partial charge in [-0.2, -0.15) is 5.10 Å². The lowest BCUT2D eigenvalue weighted by Crippen LogP contribution is -2.31. The minimum Gasteiger partial charge on any atom is -0.316 e. The first-order chi connectivity index (χ1) is 9.63. The summed E-state index contributed by atoms with van der Waals surface area (Å²) in [5, 5.41) is 8.00. The lowest BCUT2D eigenvalue weighted by Gasteiger charge is -2.21. The fraction of sp³-hybridized carbons (Fsp3) is 0.733. The monoisotopic (exact) mass is 278 g/mol. The maximum absolute atomic E-state index is 12.4. The number of aromatic nitrogens is 3. The first kappa shape index (κ1) is 15.0. The van der Waals surface area contributed by atoms with E-state index in [-0.39, 0.29) is 5.69 Å². The van der Waals surface area contributed by atoms with E-state index in [0.29, 0.717) is 19.0 Å². The fourth-order valence-corrected chi connectivity index (χ4v) is 2.75. The van der Waals surface area contributed by atoms with Crippen LogP contribution >= 0.6 is 0 Å². The molecule has 2 heterocycles. The molecule has 112 valence electrons. The highest BCUT2D eigenvalue weighted by atomic mass is 16.2. The molecule has 5 nitrogen and oxygen atoms in total. The predicted molar refractivity (Wildman–Crippen MR) is 81.1 cm³/mol. The summed E-state index contributed by atoms with van der Waals surface area (Å²) in [4.78, 5) is 12.4. The van der Waals surface area contributed by atoms with E-state index in [9.17, 15) is 4.79 Å². The third-order valence-electron chi connectivity index (χ3n) is 3.82. The van der Waals surface area contributed by atoms with E-state index in [0.717, 1.165) is 38.2 Å². The molecule has 1 saturated heterocycles. The normalized spacial score (nSPS) is 19.1. The van der Waals surface area contributed by atoms with E-state index in [1.165, 1.54) is 5.57 Å². The van der Waals surface area contributed by atoms with Gasteiger partial charge in [0.1, 0.15) is 5.82 Å². The minimum atomic E-state index is 0.0372. The molecule has 0 spiro atoms. The standard InChI is InChI=1S/C15H26N4O/c1-4-18-14(13-8-5-9-16-11-13)17-19(15(18)20)10-6-7-12(2)3/h7,13,16H,4-6,8-11H2,1-3H3/t13-/m0/s1. The van der Waals surface area contributed by atoms with Gasteiger partial charge in [0.05, 0.1) is 0 Å². The topological polar surface area (TPSA) is 51.9 Å². The summed E-state index contributed by atoms with van der Waals surface area (Å²) in [7, 11) is 0. The van der Waals surface area contributed by atoms with Gasteiger partial charge in [0.2, 0.25) is 0 Å². The van der Waals surface area contributed by atoms with Crippen molar-refractivity contribution in [2.75, 3.05) is 13.1 Å². The number of hydrogen-bond donors (Lipinski definition) is 1. The summed E-state index contributed by atoms with van der Waals surface area (Å²) in [6.07, 6.45) is 5.30. The van der Waals surface area contributed by atoms with E-state index in [2.05, 4.69) is 30.3 Å². The van der Waals surface area contributed by atoms with Gasteiger partial charge in [-0.1, -0.05) is 11.6 Å². The van der Waals surface area contributed by atoms with Crippen LogP contribution in [0, 0.1) is 0 Å². The third kappa shape index (κ3) is 3.39. The number of allylic oxidation sites excluding steroid dienone is 2. The summed E-state index contributed by atoms with van der Waals surface area (Å²) in [5.41, 5.74) is 1.32. The minimum absolute atomic E-state index is 0.0372. The second-order valence-corrected chi connectivity index (χ2v) is 5.72. The van der Waals surface area contributed by atoms with Crippen molar-refractivity contribution >= 4 is 0 Å². The quantitative estimate of drug-likeness (QED) is 0.837. The van der Waals surface area contributed by atoms with Crippen LogP contribution in [-0.2, 0) is 13.1 Å². The zero-order chi connectivity index (χ0) is 14.5. The molecule has 0 unspecified atom stereocenters. The van der Waals surface area contributed by atoms with Gasteiger partial charge >= 0.3 is 5.69 Å². The van der Waals surface area contributed by atoms with E-state index >= 15 is 0 Å². The van der Waals surface area contributed by atoms with E-state index < -0.39 is 0 Å². The average molecular weight is 278 g/mol. The Morgan fingerprint density at radius 1 is 1.50 bits per heavy atom. The molecule has 1 aliphatic heterocycles. The van der Waals surface area contributed by atoms with Gasteiger partial charge in [-0.15, -0.1) is 0 Å². The molecule has 0 bridgehead atoms. The third-order valence-corrected chi connectivity index (χ3v) is 3.82. The van der Waals surface area contributed by atoms with Crippen LogP contribution in [0.2, 0.25) is 0 Å². The maximum Gasteiger partial charge on any atom is 0.345 e. The van der Waals surface area contributed by atoms with Crippen LogP contribution in [0.25, 0.3) is 0 Å². The van der Waals surface area contributed by atoms with Gasteiger partial charge in [-0.25, -0.2) is 9.48 Å². The Kier molecular flexibility index (Phi) is 5.17. The van der Waals surface area contributed by atoms with Crippen LogP contribution in [0.15, 0.2) is 16.4 Å². The Morgan fingerprint density at radius 2 is 2.30 bits per heavy atom. The highest BCUT2D eigenvalue weighted by Crippen LogP contribution is 2.20. The van der Waals surface area contributed by atoms with Crippen LogP contribution in [0.1, 0.15) is 51.8 Å². The Morgan fingerprint density at radius 3 is 2.90 bits per heavy atom. The zero-order valence-corrected chi connectivity index (χ0v) is 12.9. The first-order valence-electron chi connectivity index (χ1n) is 7.65. The molecule has 0 radical (unpaired) electrons. The highest BCUT2D eigenvalue weighted by Gasteiger charge is 2.22. The summed E-state index contributed by atoms with van der Waals surface area (Å²) < 4.78 is 3.47. The molecule has 1 atom stereocenters. The highest BCUT2D eigenvalue weighted by molar-refractivity contribution is 5.00.